The van der Waals surface area contributed by atoms with E-state index in [0.717, 1.165) is 0 Å². The first-order chi connectivity index (χ1) is 7.53. The summed E-state index contributed by atoms with van der Waals surface area (Å²) in [5.74, 6) is 0. The molecule has 1 aromatic heterocycles. The van der Waals surface area contributed by atoms with Gasteiger partial charge in [-0.3, -0.25) is 0 Å². The van der Waals surface area contributed by atoms with Gasteiger partial charge in [0.2, 0.25) is 9.84 Å². The molecule has 84 valence electrons. The van der Waals surface area contributed by atoms with Crippen LogP contribution in [-0.4, -0.2) is 13.4 Å². The van der Waals surface area contributed by atoms with Crippen molar-refractivity contribution in [3.63, 3.8) is 0 Å². The maximum atomic E-state index is 12.2. The first kappa shape index (κ1) is 11.2. The molecule has 0 radical (unpaired) electrons. The maximum Gasteiger partial charge on any atom is 0.222 e. The zero-order valence-electron chi connectivity index (χ0n) is 8.57. The van der Waals surface area contributed by atoms with Crippen molar-refractivity contribution in [3.05, 3.63) is 47.1 Å². The fourth-order valence-corrected chi connectivity index (χ4v) is 3.20. The average molecular weight is 256 g/mol. The smallest absolute Gasteiger partial charge is 0.222 e. The first-order valence-corrected chi connectivity index (χ1v) is 6.53. The summed E-state index contributed by atoms with van der Waals surface area (Å²) < 4.78 is 24.4. The lowest BCUT2D eigenvalue weighted by molar-refractivity contribution is 0.592. The third-order valence-corrected chi connectivity index (χ3v) is 4.63. The normalized spacial score (nSPS) is 11.6. The molecule has 0 atom stereocenters. The highest BCUT2D eigenvalue weighted by Crippen LogP contribution is 2.26. The quantitative estimate of drug-likeness (QED) is 0.897. The summed E-state index contributed by atoms with van der Waals surface area (Å²) in [6.45, 7) is 1.69. The molecule has 0 aliphatic rings. The van der Waals surface area contributed by atoms with Crippen LogP contribution in [0.4, 0.5) is 0 Å². The van der Waals surface area contributed by atoms with Gasteiger partial charge in [0.1, 0.15) is 5.03 Å². The van der Waals surface area contributed by atoms with Crippen LogP contribution in [0, 0.1) is 6.92 Å². The van der Waals surface area contributed by atoms with Crippen LogP contribution in [0.25, 0.3) is 0 Å². The Morgan fingerprint density at radius 3 is 2.56 bits per heavy atom. The number of H-pyrrole nitrogens is 1. The predicted molar refractivity (Wildman–Crippen MR) is 62.4 cm³/mol. The van der Waals surface area contributed by atoms with Gasteiger partial charge in [0.15, 0.2) is 0 Å². The van der Waals surface area contributed by atoms with Gasteiger partial charge in [0, 0.05) is 11.2 Å². The van der Waals surface area contributed by atoms with Crippen molar-refractivity contribution in [2.24, 2.45) is 0 Å². The molecule has 0 amide bonds. The third-order valence-electron chi connectivity index (χ3n) is 2.37. The van der Waals surface area contributed by atoms with E-state index in [2.05, 4.69) is 4.98 Å². The SMILES string of the molecule is Cc1c(Cl)cccc1S(=O)(=O)c1ccc[nH]1. The molecule has 0 aliphatic heterocycles. The molecular weight excluding hydrogens is 246 g/mol. The van der Waals surface area contributed by atoms with Gasteiger partial charge in [0.05, 0.1) is 4.90 Å². The number of hydrogen-bond donors (Lipinski definition) is 1. The Morgan fingerprint density at radius 1 is 1.19 bits per heavy atom. The molecule has 1 N–H and O–H groups in total. The van der Waals surface area contributed by atoms with Crippen LogP contribution in [0.15, 0.2) is 46.5 Å². The Balaban J connectivity index is 2.66. The minimum atomic E-state index is -3.49. The van der Waals surface area contributed by atoms with Crippen molar-refractivity contribution in [1.82, 2.24) is 4.98 Å². The minimum Gasteiger partial charge on any atom is -0.352 e. The molecular formula is C11H10ClNO2S. The average Bonchev–Trinajstić information content (AvgIpc) is 2.75. The Bertz CT molecular complexity index is 603. The van der Waals surface area contributed by atoms with E-state index in [4.69, 9.17) is 11.6 Å². The second kappa shape index (κ2) is 3.96. The Morgan fingerprint density at radius 2 is 1.94 bits per heavy atom. The Kier molecular flexibility index (Phi) is 2.78. The van der Waals surface area contributed by atoms with Crippen LogP contribution < -0.4 is 0 Å². The first-order valence-electron chi connectivity index (χ1n) is 4.67. The van der Waals surface area contributed by atoms with Crippen molar-refractivity contribution in [2.75, 3.05) is 0 Å². The van der Waals surface area contributed by atoms with Crippen molar-refractivity contribution < 1.29 is 8.42 Å². The molecule has 2 rings (SSSR count). The molecule has 0 fully saturated rings. The van der Waals surface area contributed by atoms with Crippen LogP contribution >= 0.6 is 11.6 Å². The lowest BCUT2D eigenvalue weighted by atomic mass is 10.2. The summed E-state index contributed by atoms with van der Waals surface area (Å²) in [5, 5.41) is 0.630. The molecule has 5 heteroatoms. The molecule has 1 aromatic carbocycles. The predicted octanol–water partition coefficient (Wildman–Crippen LogP) is 2.81. The molecule has 2 aromatic rings. The number of aromatic amines is 1. The highest BCUT2D eigenvalue weighted by molar-refractivity contribution is 7.91. The van der Waals surface area contributed by atoms with Gasteiger partial charge in [-0.25, -0.2) is 8.42 Å². The minimum absolute atomic E-state index is 0.179. The van der Waals surface area contributed by atoms with Crippen molar-refractivity contribution >= 4 is 21.4 Å². The lowest BCUT2D eigenvalue weighted by Crippen LogP contribution is -2.04. The summed E-state index contributed by atoms with van der Waals surface area (Å²) in [7, 11) is -3.49. The van der Waals surface area contributed by atoms with Gasteiger partial charge in [-0.2, -0.15) is 0 Å². The number of rotatable bonds is 2. The van der Waals surface area contributed by atoms with E-state index in [9.17, 15) is 8.42 Å². The summed E-state index contributed by atoms with van der Waals surface area (Å²) in [5.41, 5.74) is 0.568. The monoisotopic (exact) mass is 255 g/mol. The van der Waals surface area contributed by atoms with Gasteiger partial charge < -0.3 is 4.98 Å². The number of nitrogens with one attached hydrogen (secondary N) is 1. The zero-order chi connectivity index (χ0) is 11.8. The summed E-state index contributed by atoms with van der Waals surface area (Å²) >= 11 is 5.91. The van der Waals surface area contributed by atoms with Gasteiger partial charge in [-0.15, -0.1) is 0 Å². The van der Waals surface area contributed by atoms with Crippen LogP contribution in [0.2, 0.25) is 5.02 Å². The van der Waals surface area contributed by atoms with Gasteiger partial charge in [-0.1, -0.05) is 17.7 Å². The van der Waals surface area contributed by atoms with Gasteiger partial charge in [0.25, 0.3) is 0 Å². The standard InChI is InChI=1S/C11H10ClNO2S/c1-8-9(12)4-2-5-10(8)16(14,15)11-6-3-7-13-11/h2-7,13H,1H3. The van der Waals surface area contributed by atoms with Crippen molar-refractivity contribution in [3.8, 4) is 0 Å². The van der Waals surface area contributed by atoms with E-state index >= 15 is 0 Å². The highest BCUT2D eigenvalue weighted by atomic mass is 35.5. The molecule has 1 heterocycles. The van der Waals surface area contributed by atoms with E-state index in [0.29, 0.717) is 10.6 Å². The van der Waals surface area contributed by atoms with Crippen LogP contribution in [0.3, 0.4) is 0 Å². The van der Waals surface area contributed by atoms with Crippen LogP contribution in [0.5, 0.6) is 0 Å². The fraction of sp³-hybridized carbons (Fsp3) is 0.0909. The van der Waals surface area contributed by atoms with E-state index in [1.807, 2.05) is 0 Å². The van der Waals surface area contributed by atoms with E-state index < -0.39 is 9.84 Å². The lowest BCUT2D eigenvalue weighted by Gasteiger charge is -2.07. The summed E-state index contributed by atoms with van der Waals surface area (Å²) in [6.07, 6.45) is 1.58. The third kappa shape index (κ3) is 1.74. The van der Waals surface area contributed by atoms with Gasteiger partial charge >= 0.3 is 0 Å². The summed E-state index contributed by atoms with van der Waals surface area (Å²) in [4.78, 5) is 2.93. The number of halogens is 1. The molecule has 0 saturated carbocycles. The van der Waals surface area contributed by atoms with Gasteiger partial charge in [-0.05, 0) is 36.8 Å². The molecule has 0 spiro atoms. The Labute approximate surface area is 99.0 Å². The van der Waals surface area contributed by atoms with E-state index in [-0.39, 0.29) is 9.92 Å². The zero-order valence-corrected chi connectivity index (χ0v) is 10.1. The van der Waals surface area contributed by atoms with Crippen LogP contribution in [-0.2, 0) is 9.84 Å². The second-order valence-electron chi connectivity index (χ2n) is 3.40. The van der Waals surface area contributed by atoms with Crippen molar-refractivity contribution in [1.29, 1.82) is 0 Å². The molecule has 0 unspecified atom stereocenters. The molecule has 3 nitrogen and oxygen atoms in total. The van der Waals surface area contributed by atoms with Crippen LogP contribution in [0.1, 0.15) is 5.56 Å². The Hall–Kier alpha value is -1.26. The number of hydrogen-bond acceptors (Lipinski definition) is 2. The summed E-state index contributed by atoms with van der Waals surface area (Å²) in [6, 6.07) is 8.02. The molecule has 0 bridgehead atoms. The van der Waals surface area contributed by atoms with E-state index in [1.54, 1.807) is 37.4 Å². The number of sulfone groups is 1. The molecule has 0 saturated heterocycles. The second-order valence-corrected chi connectivity index (χ2v) is 5.69. The number of benzene rings is 1. The fourth-order valence-electron chi connectivity index (χ4n) is 1.48. The molecule has 0 aliphatic carbocycles. The molecule has 16 heavy (non-hydrogen) atoms. The largest absolute Gasteiger partial charge is 0.352 e. The number of aromatic nitrogens is 1. The van der Waals surface area contributed by atoms with Crippen molar-refractivity contribution in [2.45, 2.75) is 16.8 Å². The van der Waals surface area contributed by atoms with E-state index in [1.165, 1.54) is 6.07 Å². The highest BCUT2D eigenvalue weighted by Gasteiger charge is 2.21. The maximum absolute atomic E-state index is 12.2. The topological polar surface area (TPSA) is 49.9 Å².